The summed E-state index contributed by atoms with van der Waals surface area (Å²) in [6, 6.07) is 7.43. The van der Waals surface area contributed by atoms with E-state index in [-0.39, 0.29) is 5.91 Å². The molecule has 66 valence electrons. The number of amides is 1. The van der Waals surface area contributed by atoms with Crippen molar-refractivity contribution >= 4 is 29.6 Å². The summed E-state index contributed by atoms with van der Waals surface area (Å²) in [6.45, 7) is 0. The molecule has 1 unspecified atom stereocenters. The van der Waals surface area contributed by atoms with Crippen LogP contribution in [-0.2, 0) is 9.59 Å². The molecule has 0 spiro atoms. The molecule has 1 aliphatic heterocycles. The van der Waals surface area contributed by atoms with Crippen molar-refractivity contribution in [1.29, 1.82) is 0 Å². The van der Waals surface area contributed by atoms with E-state index >= 15 is 0 Å². The van der Waals surface area contributed by atoms with Crippen molar-refractivity contribution in [2.45, 2.75) is 10.1 Å². The second-order valence-electron chi connectivity index (χ2n) is 2.66. The lowest BCUT2D eigenvalue weighted by Crippen LogP contribution is -2.29. The van der Waals surface area contributed by atoms with Gasteiger partial charge in [0.25, 0.3) is 0 Å². The molecule has 2 rings (SSSR count). The predicted molar refractivity (Wildman–Crippen MR) is 50.8 cm³/mol. The van der Waals surface area contributed by atoms with Crippen LogP contribution >= 0.6 is 11.8 Å². The highest BCUT2D eigenvalue weighted by atomic mass is 32.2. The van der Waals surface area contributed by atoms with Gasteiger partial charge in [-0.1, -0.05) is 12.1 Å². The Bertz CT molecular complexity index is 364. The molecule has 4 heteroatoms. The monoisotopic (exact) mass is 193 g/mol. The third-order valence-corrected chi connectivity index (χ3v) is 2.97. The molecule has 1 heterocycles. The van der Waals surface area contributed by atoms with E-state index in [2.05, 4.69) is 5.32 Å². The molecule has 1 aromatic carbocycles. The largest absolute Gasteiger partial charge is 0.324 e. The van der Waals surface area contributed by atoms with Gasteiger partial charge in [0.05, 0.1) is 5.69 Å². The van der Waals surface area contributed by atoms with Crippen molar-refractivity contribution in [3.05, 3.63) is 24.3 Å². The molecule has 1 aliphatic rings. The number of anilines is 1. The number of carbonyl (C=O) groups is 2. The molecule has 3 nitrogen and oxygen atoms in total. The SMILES string of the molecule is O=CC1Sc2ccccc2NC1=O. The Labute approximate surface area is 79.5 Å². The maximum atomic E-state index is 11.2. The van der Waals surface area contributed by atoms with Gasteiger partial charge in [0.15, 0.2) is 0 Å². The number of para-hydroxylation sites is 1. The van der Waals surface area contributed by atoms with Crippen molar-refractivity contribution in [3.63, 3.8) is 0 Å². The molecule has 0 aromatic heterocycles. The van der Waals surface area contributed by atoms with Gasteiger partial charge in [0.2, 0.25) is 5.91 Å². The highest BCUT2D eigenvalue weighted by molar-refractivity contribution is 8.01. The second kappa shape index (κ2) is 3.22. The summed E-state index contributed by atoms with van der Waals surface area (Å²) in [5, 5.41) is 2.07. The van der Waals surface area contributed by atoms with E-state index in [0.717, 1.165) is 10.6 Å². The van der Waals surface area contributed by atoms with Gasteiger partial charge in [-0.2, -0.15) is 0 Å². The van der Waals surface area contributed by atoms with Gasteiger partial charge in [0, 0.05) is 4.90 Å². The molecule has 1 aromatic rings. The Balaban J connectivity index is 2.38. The Morgan fingerprint density at radius 1 is 1.38 bits per heavy atom. The Morgan fingerprint density at radius 3 is 2.92 bits per heavy atom. The van der Waals surface area contributed by atoms with Crippen LogP contribution in [0.3, 0.4) is 0 Å². The first kappa shape index (κ1) is 8.31. The highest BCUT2D eigenvalue weighted by Gasteiger charge is 2.25. The summed E-state index contributed by atoms with van der Waals surface area (Å²) in [4.78, 5) is 22.7. The van der Waals surface area contributed by atoms with Gasteiger partial charge >= 0.3 is 0 Å². The van der Waals surface area contributed by atoms with Crippen LogP contribution in [0, 0.1) is 0 Å². The van der Waals surface area contributed by atoms with E-state index in [4.69, 9.17) is 0 Å². The quantitative estimate of drug-likeness (QED) is 0.540. The van der Waals surface area contributed by atoms with Crippen LogP contribution in [0.5, 0.6) is 0 Å². The summed E-state index contributed by atoms with van der Waals surface area (Å²) in [5.41, 5.74) is 0.788. The van der Waals surface area contributed by atoms with Gasteiger partial charge < -0.3 is 10.1 Å². The van der Waals surface area contributed by atoms with Crippen molar-refractivity contribution in [2.75, 3.05) is 5.32 Å². The van der Waals surface area contributed by atoms with Crippen molar-refractivity contribution in [3.8, 4) is 0 Å². The fourth-order valence-electron chi connectivity index (χ4n) is 1.16. The molecule has 13 heavy (non-hydrogen) atoms. The van der Waals surface area contributed by atoms with Gasteiger partial charge in [-0.3, -0.25) is 4.79 Å². The second-order valence-corrected chi connectivity index (χ2v) is 3.84. The summed E-state index contributed by atoms with van der Waals surface area (Å²) in [5.74, 6) is -0.237. The fraction of sp³-hybridized carbons (Fsp3) is 0.111. The summed E-state index contributed by atoms with van der Waals surface area (Å²) in [7, 11) is 0. The van der Waals surface area contributed by atoms with Gasteiger partial charge in [-0.25, -0.2) is 0 Å². The normalized spacial score (nSPS) is 20.3. The average molecular weight is 193 g/mol. The first-order chi connectivity index (χ1) is 6.31. The molecule has 0 saturated heterocycles. The zero-order chi connectivity index (χ0) is 9.26. The lowest BCUT2D eigenvalue weighted by atomic mass is 10.3. The predicted octanol–water partition coefficient (Wildman–Crippen LogP) is 1.30. The van der Waals surface area contributed by atoms with Crippen LogP contribution in [0.1, 0.15) is 0 Å². The minimum atomic E-state index is -0.602. The summed E-state index contributed by atoms with van der Waals surface area (Å²) >= 11 is 1.28. The molecule has 0 fully saturated rings. The number of carbonyl (C=O) groups excluding carboxylic acids is 2. The van der Waals surface area contributed by atoms with Crippen molar-refractivity contribution in [1.82, 2.24) is 0 Å². The van der Waals surface area contributed by atoms with Crippen molar-refractivity contribution < 1.29 is 9.59 Å². The maximum absolute atomic E-state index is 11.2. The standard InChI is InChI=1S/C9H7NO2S/c11-5-8-9(12)10-6-3-1-2-4-7(6)13-8/h1-5,8H,(H,10,12). The number of benzene rings is 1. The third kappa shape index (κ3) is 1.45. The van der Waals surface area contributed by atoms with E-state index < -0.39 is 5.25 Å². The summed E-state index contributed by atoms with van der Waals surface area (Å²) in [6.07, 6.45) is 0.663. The van der Waals surface area contributed by atoms with Crippen LogP contribution in [-0.4, -0.2) is 17.4 Å². The van der Waals surface area contributed by atoms with E-state index in [1.807, 2.05) is 24.3 Å². The third-order valence-electron chi connectivity index (χ3n) is 1.78. The fourth-order valence-corrected chi connectivity index (χ4v) is 2.05. The number of thioether (sulfide) groups is 1. The minimum absolute atomic E-state index is 0.237. The van der Waals surface area contributed by atoms with Crippen molar-refractivity contribution in [2.24, 2.45) is 0 Å². The number of nitrogens with one attached hydrogen (secondary N) is 1. The van der Waals surface area contributed by atoms with E-state index in [1.165, 1.54) is 11.8 Å². The van der Waals surface area contributed by atoms with Gasteiger partial charge in [-0.15, -0.1) is 11.8 Å². The van der Waals surface area contributed by atoms with Crippen LogP contribution in [0.4, 0.5) is 5.69 Å². The van der Waals surface area contributed by atoms with Crippen LogP contribution < -0.4 is 5.32 Å². The lowest BCUT2D eigenvalue weighted by molar-refractivity contribution is -0.119. The summed E-state index contributed by atoms with van der Waals surface area (Å²) < 4.78 is 0. The first-order valence-corrected chi connectivity index (χ1v) is 4.71. The van der Waals surface area contributed by atoms with Crippen LogP contribution in [0.15, 0.2) is 29.2 Å². The molecule has 0 saturated carbocycles. The first-order valence-electron chi connectivity index (χ1n) is 3.83. The zero-order valence-corrected chi connectivity index (χ0v) is 7.51. The molecular formula is C9H7NO2S. The number of hydrogen-bond donors (Lipinski definition) is 1. The molecular weight excluding hydrogens is 186 g/mol. The van der Waals surface area contributed by atoms with E-state index in [0.29, 0.717) is 6.29 Å². The Morgan fingerprint density at radius 2 is 2.15 bits per heavy atom. The zero-order valence-electron chi connectivity index (χ0n) is 6.69. The van der Waals surface area contributed by atoms with E-state index in [9.17, 15) is 9.59 Å². The van der Waals surface area contributed by atoms with E-state index in [1.54, 1.807) is 0 Å². The maximum Gasteiger partial charge on any atom is 0.245 e. The molecule has 0 radical (unpaired) electrons. The lowest BCUT2D eigenvalue weighted by Gasteiger charge is -2.19. The smallest absolute Gasteiger partial charge is 0.245 e. The molecule has 1 amide bonds. The molecule has 0 aliphatic carbocycles. The van der Waals surface area contributed by atoms with Crippen LogP contribution in [0.2, 0.25) is 0 Å². The van der Waals surface area contributed by atoms with Gasteiger partial charge in [-0.05, 0) is 12.1 Å². The molecule has 1 N–H and O–H groups in total. The average Bonchev–Trinajstić information content (AvgIpc) is 2.17. The molecule has 0 bridgehead atoms. The number of rotatable bonds is 1. The number of aldehydes is 1. The minimum Gasteiger partial charge on any atom is -0.324 e. The number of fused-ring (bicyclic) bond motifs is 1. The molecule has 1 atom stereocenters. The highest BCUT2D eigenvalue weighted by Crippen LogP contribution is 2.34. The Kier molecular flexibility index (Phi) is 2.06. The van der Waals surface area contributed by atoms with Crippen LogP contribution in [0.25, 0.3) is 0 Å². The Hall–Kier alpha value is -1.29. The van der Waals surface area contributed by atoms with Gasteiger partial charge in [0.1, 0.15) is 11.5 Å². The topological polar surface area (TPSA) is 46.2 Å². The number of hydrogen-bond acceptors (Lipinski definition) is 3.